The zero-order valence-corrected chi connectivity index (χ0v) is 22.3. The van der Waals surface area contributed by atoms with Crippen molar-refractivity contribution in [3.63, 3.8) is 0 Å². The summed E-state index contributed by atoms with van der Waals surface area (Å²) in [6.07, 6.45) is 5.61. The third-order valence-corrected chi connectivity index (χ3v) is 8.12. The molecular weight excluding hydrogens is 491 g/mol. The summed E-state index contributed by atoms with van der Waals surface area (Å²) >= 11 is 1.64. The van der Waals surface area contributed by atoms with Gasteiger partial charge in [0.1, 0.15) is 5.82 Å². The largest absolute Gasteiger partial charge is 0.351 e. The minimum Gasteiger partial charge on any atom is -0.351 e. The van der Waals surface area contributed by atoms with Crippen LogP contribution in [0.5, 0.6) is 0 Å². The first-order valence-corrected chi connectivity index (χ1v) is 13.9. The number of amides is 2. The summed E-state index contributed by atoms with van der Waals surface area (Å²) in [4.78, 5) is 28.7. The summed E-state index contributed by atoms with van der Waals surface area (Å²) in [6.45, 7) is 5.29. The summed E-state index contributed by atoms with van der Waals surface area (Å²) in [6, 6.07) is 14.0. The van der Waals surface area contributed by atoms with Gasteiger partial charge in [-0.3, -0.25) is 9.59 Å². The molecule has 0 aromatic heterocycles. The lowest BCUT2D eigenvalue weighted by atomic mass is 9.92. The average Bonchev–Trinajstić information content (AvgIpc) is 2.91. The Morgan fingerprint density at radius 1 is 1.11 bits per heavy atom. The van der Waals surface area contributed by atoms with Crippen LogP contribution in [-0.4, -0.2) is 54.1 Å². The molecule has 2 aromatic rings. The summed E-state index contributed by atoms with van der Waals surface area (Å²) in [5, 5.41) is 3.15. The molecule has 1 saturated heterocycles. The predicted octanol–water partition coefficient (Wildman–Crippen LogP) is 5.38. The fraction of sp³-hybridized carbons (Fsp3) is 0.448. The number of carbonyl (C=O) groups is 2. The number of nitrogens with one attached hydrogen (secondary N) is 1. The number of halogens is 1. The number of carbonyl (C=O) groups excluding carboxylic acids is 2. The zero-order valence-electron chi connectivity index (χ0n) is 21.5. The predicted molar refractivity (Wildman–Crippen MR) is 144 cm³/mol. The molecule has 2 amide bonds. The third kappa shape index (κ3) is 7.00. The maximum atomic E-state index is 14.4. The van der Waals surface area contributed by atoms with Crippen LogP contribution >= 0.6 is 11.8 Å². The van der Waals surface area contributed by atoms with Crippen LogP contribution in [0.3, 0.4) is 0 Å². The highest BCUT2D eigenvalue weighted by Crippen LogP contribution is 2.42. The Morgan fingerprint density at radius 2 is 1.81 bits per heavy atom. The second-order valence-electron chi connectivity index (χ2n) is 9.21. The summed E-state index contributed by atoms with van der Waals surface area (Å²) < 4.78 is 25.4. The van der Waals surface area contributed by atoms with Gasteiger partial charge >= 0.3 is 0 Å². The zero-order chi connectivity index (χ0) is 26.2. The molecule has 1 saturated carbocycles. The van der Waals surface area contributed by atoms with E-state index in [0.717, 1.165) is 31.2 Å². The molecule has 198 valence electrons. The second-order valence-corrected chi connectivity index (χ2v) is 10.5. The number of hydrogen-bond acceptors (Lipinski definition) is 5. The van der Waals surface area contributed by atoms with Crippen LogP contribution in [0.4, 0.5) is 4.39 Å². The van der Waals surface area contributed by atoms with E-state index in [4.69, 9.17) is 9.47 Å². The molecule has 0 spiro atoms. The lowest BCUT2D eigenvalue weighted by Crippen LogP contribution is -2.50. The highest BCUT2D eigenvalue weighted by atomic mass is 32.2. The Morgan fingerprint density at radius 3 is 2.51 bits per heavy atom. The Balaban J connectivity index is 1.47. The van der Waals surface area contributed by atoms with Gasteiger partial charge in [-0.1, -0.05) is 43.2 Å². The van der Waals surface area contributed by atoms with E-state index < -0.39 is 6.29 Å². The molecule has 1 aliphatic heterocycles. The van der Waals surface area contributed by atoms with Crippen molar-refractivity contribution in [3.05, 3.63) is 75.9 Å². The van der Waals surface area contributed by atoms with Crippen molar-refractivity contribution in [1.29, 1.82) is 0 Å². The number of rotatable bonds is 10. The number of benzene rings is 2. The number of fused-ring (bicyclic) bond motifs is 1. The van der Waals surface area contributed by atoms with E-state index in [1.165, 1.54) is 6.07 Å². The standard InChI is InChI=1S/C29H35FN2O4S/c1-3-35-27(36-4-2)18-31-28(33)21-15-13-20(14-16-21)17-26-29(34)32(19-22-9-5-6-10-23(22)30)24-11-7-8-12-25(24)37-26/h5-6,9-10,13-17,24-25,27H,3-4,7-8,11-12,18-19H2,1-2H3,(H,31,33)/b26-17+. The van der Waals surface area contributed by atoms with E-state index in [-0.39, 0.29) is 36.8 Å². The maximum absolute atomic E-state index is 14.4. The normalized spacial score (nSPS) is 20.8. The molecule has 2 unspecified atom stereocenters. The van der Waals surface area contributed by atoms with Gasteiger partial charge in [0.05, 0.1) is 11.4 Å². The van der Waals surface area contributed by atoms with Crippen LogP contribution in [0.15, 0.2) is 53.4 Å². The number of nitrogens with zero attached hydrogens (tertiary/aromatic N) is 1. The molecule has 2 aromatic carbocycles. The lowest BCUT2D eigenvalue weighted by Gasteiger charge is -2.44. The first-order chi connectivity index (χ1) is 18.0. The minimum atomic E-state index is -0.479. The molecular formula is C29H35FN2O4S. The van der Waals surface area contributed by atoms with E-state index >= 15 is 0 Å². The molecule has 0 radical (unpaired) electrons. The Hall–Kier alpha value is -2.68. The Kier molecular flexibility index (Phi) is 9.77. The van der Waals surface area contributed by atoms with Crippen molar-refractivity contribution in [2.45, 2.75) is 63.7 Å². The van der Waals surface area contributed by atoms with E-state index in [1.807, 2.05) is 43.0 Å². The van der Waals surface area contributed by atoms with Crippen LogP contribution in [0.2, 0.25) is 0 Å². The first-order valence-electron chi connectivity index (χ1n) is 13.0. The van der Waals surface area contributed by atoms with Crippen LogP contribution < -0.4 is 5.32 Å². The van der Waals surface area contributed by atoms with Crippen LogP contribution in [0.1, 0.15) is 61.0 Å². The van der Waals surface area contributed by atoms with Crippen molar-refractivity contribution < 1.29 is 23.5 Å². The van der Waals surface area contributed by atoms with Crippen molar-refractivity contribution in [2.24, 2.45) is 0 Å². The number of ether oxygens (including phenoxy) is 2. The summed E-state index contributed by atoms with van der Waals surface area (Å²) in [5.74, 6) is -0.557. The topological polar surface area (TPSA) is 67.9 Å². The molecule has 1 N–H and O–H groups in total. The molecule has 37 heavy (non-hydrogen) atoms. The highest BCUT2D eigenvalue weighted by Gasteiger charge is 2.40. The average molecular weight is 527 g/mol. The van der Waals surface area contributed by atoms with Gasteiger partial charge in [-0.05, 0) is 56.5 Å². The van der Waals surface area contributed by atoms with Crippen LogP contribution in [0, 0.1) is 5.82 Å². The van der Waals surface area contributed by atoms with Gasteiger partial charge in [0, 0.05) is 42.2 Å². The maximum Gasteiger partial charge on any atom is 0.260 e. The van der Waals surface area contributed by atoms with Crippen molar-refractivity contribution in [2.75, 3.05) is 19.8 Å². The van der Waals surface area contributed by atoms with E-state index in [2.05, 4.69) is 5.32 Å². The molecule has 2 fully saturated rings. The molecule has 4 rings (SSSR count). The van der Waals surface area contributed by atoms with Crippen molar-refractivity contribution >= 4 is 29.7 Å². The molecule has 0 bridgehead atoms. The number of hydrogen-bond donors (Lipinski definition) is 1. The monoisotopic (exact) mass is 526 g/mol. The van der Waals surface area contributed by atoms with Gasteiger partial charge in [-0.2, -0.15) is 0 Å². The molecule has 8 heteroatoms. The van der Waals surface area contributed by atoms with Crippen LogP contribution in [0.25, 0.3) is 6.08 Å². The second kappa shape index (κ2) is 13.2. The SMILES string of the molecule is CCOC(CNC(=O)c1ccc(/C=C2/SC3CCCCC3N(Cc3ccccc3F)C2=O)cc1)OCC. The first kappa shape index (κ1) is 27.4. The third-order valence-electron chi connectivity index (χ3n) is 6.72. The Bertz CT molecular complexity index is 1100. The van der Waals surface area contributed by atoms with E-state index in [9.17, 15) is 14.0 Å². The smallest absolute Gasteiger partial charge is 0.260 e. The van der Waals surface area contributed by atoms with E-state index in [1.54, 1.807) is 36.0 Å². The molecule has 1 aliphatic carbocycles. The fourth-order valence-electron chi connectivity index (χ4n) is 4.87. The molecule has 2 aliphatic rings. The fourth-order valence-corrected chi connectivity index (χ4v) is 6.34. The van der Waals surface area contributed by atoms with Crippen LogP contribution in [-0.2, 0) is 20.8 Å². The van der Waals surface area contributed by atoms with Crippen molar-refractivity contribution in [1.82, 2.24) is 10.2 Å². The Labute approximate surface area is 222 Å². The molecule has 2 atom stereocenters. The lowest BCUT2D eigenvalue weighted by molar-refractivity contribution is -0.131. The van der Waals surface area contributed by atoms with Gasteiger partial charge in [0.15, 0.2) is 6.29 Å². The van der Waals surface area contributed by atoms with Gasteiger partial charge in [0.25, 0.3) is 11.8 Å². The molecule has 1 heterocycles. The van der Waals surface area contributed by atoms with Gasteiger partial charge in [0.2, 0.25) is 0 Å². The minimum absolute atomic E-state index is 0.0592. The molecule has 6 nitrogen and oxygen atoms in total. The quantitative estimate of drug-likeness (QED) is 0.333. The van der Waals surface area contributed by atoms with Gasteiger partial charge in [-0.15, -0.1) is 11.8 Å². The highest BCUT2D eigenvalue weighted by molar-refractivity contribution is 8.04. The van der Waals surface area contributed by atoms with E-state index in [0.29, 0.717) is 34.5 Å². The number of thioether (sulfide) groups is 1. The summed E-state index contributed by atoms with van der Waals surface area (Å²) in [5.41, 5.74) is 1.90. The van der Waals surface area contributed by atoms with Gasteiger partial charge in [-0.25, -0.2) is 4.39 Å². The summed E-state index contributed by atoms with van der Waals surface area (Å²) in [7, 11) is 0. The van der Waals surface area contributed by atoms with Crippen molar-refractivity contribution in [3.8, 4) is 0 Å². The van der Waals surface area contributed by atoms with Gasteiger partial charge < -0.3 is 19.7 Å².